The molecular weight excluding hydrogens is 516 g/mol. The Labute approximate surface area is 242 Å². The number of hydrogen-bond acceptors (Lipinski definition) is 7. The SMILES string of the molecule is CC1=CCC=c2c(N3CCN(C(=O)OC(C)(C)C)CC3)nc(-c3ccccc3O)nc2=C1.COCc1ccccc1. The summed E-state index contributed by atoms with van der Waals surface area (Å²) < 4.78 is 10.5. The number of allylic oxidation sites excluding steroid dienone is 2. The molecule has 0 atom stereocenters. The number of benzene rings is 2. The van der Waals surface area contributed by atoms with Gasteiger partial charge in [0.25, 0.3) is 0 Å². The molecule has 1 amide bonds. The smallest absolute Gasteiger partial charge is 0.410 e. The van der Waals surface area contributed by atoms with E-state index in [1.54, 1.807) is 24.1 Å². The van der Waals surface area contributed by atoms with Gasteiger partial charge in [-0.25, -0.2) is 14.8 Å². The van der Waals surface area contributed by atoms with Crippen LogP contribution < -0.4 is 15.5 Å². The average Bonchev–Trinajstić information content (AvgIpc) is 3.13. The number of phenolic OH excluding ortho intramolecular Hbond substituents is 1. The van der Waals surface area contributed by atoms with E-state index in [1.807, 2.05) is 63.2 Å². The van der Waals surface area contributed by atoms with E-state index in [4.69, 9.17) is 19.4 Å². The third-order valence-corrected chi connectivity index (χ3v) is 6.61. The van der Waals surface area contributed by atoms with Crippen molar-refractivity contribution in [3.8, 4) is 17.1 Å². The fourth-order valence-corrected chi connectivity index (χ4v) is 4.61. The Hall–Kier alpha value is -4.17. The van der Waals surface area contributed by atoms with Gasteiger partial charge in [-0.1, -0.05) is 60.2 Å². The molecule has 2 aliphatic rings. The number of amides is 1. The van der Waals surface area contributed by atoms with E-state index < -0.39 is 5.60 Å². The molecule has 1 aromatic heterocycles. The van der Waals surface area contributed by atoms with Crippen molar-refractivity contribution < 1.29 is 19.4 Å². The van der Waals surface area contributed by atoms with Gasteiger partial charge in [-0.05, 0) is 57.9 Å². The first-order chi connectivity index (χ1) is 19.6. The number of fused-ring (bicyclic) bond motifs is 1. The average molecular weight is 557 g/mol. The molecule has 1 saturated heterocycles. The van der Waals surface area contributed by atoms with Gasteiger partial charge in [-0.15, -0.1) is 0 Å². The zero-order valence-corrected chi connectivity index (χ0v) is 24.6. The first-order valence-electron chi connectivity index (χ1n) is 14.0. The van der Waals surface area contributed by atoms with Crippen molar-refractivity contribution in [2.75, 3.05) is 38.2 Å². The summed E-state index contributed by atoms with van der Waals surface area (Å²) in [4.78, 5) is 26.1. The summed E-state index contributed by atoms with van der Waals surface area (Å²) in [5, 5.41) is 12.2. The van der Waals surface area contributed by atoms with Crippen molar-refractivity contribution in [3.63, 3.8) is 0 Å². The lowest BCUT2D eigenvalue weighted by Gasteiger charge is -2.36. The van der Waals surface area contributed by atoms with Crippen LogP contribution in [0.3, 0.4) is 0 Å². The topological polar surface area (TPSA) is 88.0 Å². The fraction of sp³-hybridized carbons (Fsp3) is 0.364. The molecule has 2 aromatic carbocycles. The van der Waals surface area contributed by atoms with E-state index in [0.29, 0.717) is 44.2 Å². The maximum Gasteiger partial charge on any atom is 0.410 e. The largest absolute Gasteiger partial charge is 0.507 e. The summed E-state index contributed by atoms with van der Waals surface area (Å²) in [6.45, 7) is 10.8. The molecule has 1 aliphatic heterocycles. The molecule has 0 bridgehead atoms. The molecule has 5 rings (SSSR count). The standard InChI is InChI=1S/C25H30N4O3.C8H10O/c1-17-8-7-10-18-20(16-17)26-22(19-9-5-6-11-21(19)30)27-23(18)28-12-14-29(15-13-28)24(31)32-25(2,3)4;1-9-7-8-5-3-2-4-6-8/h5-6,8-11,16,30H,7,12-15H2,1-4H3;2-6H,7H2,1H3. The van der Waals surface area contributed by atoms with Crippen LogP contribution in [0.15, 0.2) is 66.2 Å². The Balaban J connectivity index is 0.000000367. The number of hydrogen-bond donors (Lipinski definition) is 1. The molecule has 41 heavy (non-hydrogen) atoms. The molecule has 2 heterocycles. The zero-order chi connectivity index (χ0) is 29.4. The Bertz CT molecular complexity index is 1490. The molecule has 8 nitrogen and oxygen atoms in total. The monoisotopic (exact) mass is 556 g/mol. The van der Waals surface area contributed by atoms with Gasteiger partial charge in [0.2, 0.25) is 0 Å². The maximum absolute atomic E-state index is 12.5. The van der Waals surface area contributed by atoms with Crippen molar-refractivity contribution >= 4 is 24.1 Å². The van der Waals surface area contributed by atoms with Gasteiger partial charge in [0.05, 0.1) is 17.5 Å². The molecule has 0 radical (unpaired) electrons. The highest BCUT2D eigenvalue weighted by Crippen LogP contribution is 2.26. The van der Waals surface area contributed by atoms with E-state index in [-0.39, 0.29) is 11.8 Å². The number of methoxy groups -OCH3 is 1. The first kappa shape index (κ1) is 29.8. The van der Waals surface area contributed by atoms with Crippen LogP contribution in [0.5, 0.6) is 5.75 Å². The number of aromatic nitrogens is 2. The maximum atomic E-state index is 12.5. The second-order valence-corrected chi connectivity index (χ2v) is 11.1. The number of piperazine rings is 1. The number of phenols is 1. The van der Waals surface area contributed by atoms with Gasteiger partial charge >= 0.3 is 6.09 Å². The summed E-state index contributed by atoms with van der Waals surface area (Å²) in [6.07, 6.45) is 6.88. The Morgan fingerprint density at radius 3 is 2.29 bits per heavy atom. The molecule has 0 spiro atoms. The predicted molar refractivity (Wildman–Crippen MR) is 163 cm³/mol. The Kier molecular flexibility index (Phi) is 9.78. The highest BCUT2D eigenvalue weighted by molar-refractivity contribution is 5.69. The molecule has 8 heteroatoms. The molecule has 0 saturated carbocycles. The molecule has 3 aromatic rings. The minimum atomic E-state index is -0.513. The Morgan fingerprint density at radius 2 is 1.63 bits per heavy atom. The number of carbonyl (C=O) groups is 1. The number of rotatable bonds is 4. The van der Waals surface area contributed by atoms with Crippen LogP contribution in [-0.4, -0.2) is 65.0 Å². The van der Waals surface area contributed by atoms with Crippen LogP contribution in [0.1, 0.15) is 39.7 Å². The van der Waals surface area contributed by atoms with E-state index >= 15 is 0 Å². The second-order valence-electron chi connectivity index (χ2n) is 11.1. The summed E-state index contributed by atoms with van der Waals surface area (Å²) in [5.74, 6) is 1.47. The molecule has 1 fully saturated rings. The quantitative estimate of drug-likeness (QED) is 0.501. The van der Waals surface area contributed by atoms with E-state index in [0.717, 1.165) is 28.4 Å². The number of nitrogens with zero attached hydrogens (tertiary/aromatic N) is 4. The van der Waals surface area contributed by atoms with Gasteiger partial charge < -0.3 is 24.4 Å². The van der Waals surface area contributed by atoms with Gasteiger partial charge in [0.15, 0.2) is 5.82 Å². The van der Waals surface area contributed by atoms with Crippen LogP contribution in [0.25, 0.3) is 23.5 Å². The molecule has 0 unspecified atom stereocenters. The highest BCUT2D eigenvalue weighted by atomic mass is 16.6. The minimum Gasteiger partial charge on any atom is -0.507 e. The van der Waals surface area contributed by atoms with Crippen molar-refractivity contribution in [1.82, 2.24) is 14.9 Å². The number of para-hydroxylation sites is 1. The minimum absolute atomic E-state index is 0.151. The van der Waals surface area contributed by atoms with Crippen molar-refractivity contribution in [3.05, 3.63) is 82.4 Å². The second kappa shape index (κ2) is 13.5. The highest BCUT2D eigenvalue weighted by Gasteiger charge is 2.27. The van der Waals surface area contributed by atoms with Gasteiger partial charge in [0, 0.05) is 38.5 Å². The van der Waals surface area contributed by atoms with E-state index in [2.05, 4.69) is 30.1 Å². The lowest BCUT2D eigenvalue weighted by Crippen LogP contribution is -2.52. The fourth-order valence-electron chi connectivity index (χ4n) is 4.61. The molecule has 1 N–H and O–H groups in total. The van der Waals surface area contributed by atoms with E-state index in [9.17, 15) is 9.90 Å². The van der Waals surface area contributed by atoms with Crippen LogP contribution in [0.4, 0.5) is 10.6 Å². The van der Waals surface area contributed by atoms with Crippen LogP contribution in [-0.2, 0) is 16.1 Å². The van der Waals surface area contributed by atoms with Gasteiger partial charge in [-0.3, -0.25) is 0 Å². The molecule has 216 valence electrons. The first-order valence-corrected chi connectivity index (χ1v) is 14.0. The van der Waals surface area contributed by atoms with Crippen molar-refractivity contribution in [2.45, 2.75) is 46.3 Å². The lowest BCUT2D eigenvalue weighted by molar-refractivity contribution is 0.0240. The normalized spacial score (nSPS) is 14.8. The van der Waals surface area contributed by atoms with Crippen molar-refractivity contribution in [2.24, 2.45) is 0 Å². The third kappa shape index (κ3) is 8.17. The lowest BCUT2D eigenvalue weighted by atomic mass is 10.1. The summed E-state index contributed by atoms with van der Waals surface area (Å²) in [7, 11) is 1.70. The summed E-state index contributed by atoms with van der Waals surface area (Å²) in [6, 6.07) is 17.2. The predicted octanol–water partition coefficient (Wildman–Crippen LogP) is 4.65. The zero-order valence-electron chi connectivity index (χ0n) is 24.6. The molecule has 1 aliphatic carbocycles. The third-order valence-electron chi connectivity index (χ3n) is 6.61. The van der Waals surface area contributed by atoms with E-state index in [1.165, 1.54) is 5.56 Å². The van der Waals surface area contributed by atoms with Crippen LogP contribution >= 0.6 is 0 Å². The van der Waals surface area contributed by atoms with Gasteiger partial charge in [-0.2, -0.15) is 0 Å². The number of ether oxygens (including phenoxy) is 2. The molecular formula is C33H40N4O4. The number of anilines is 1. The number of aromatic hydroxyl groups is 1. The number of carbonyl (C=O) groups excluding carboxylic acids is 1. The summed E-state index contributed by atoms with van der Waals surface area (Å²) >= 11 is 0. The van der Waals surface area contributed by atoms with Crippen LogP contribution in [0.2, 0.25) is 0 Å². The Morgan fingerprint density at radius 1 is 0.951 bits per heavy atom. The summed E-state index contributed by atoms with van der Waals surface area (Å²) in [5.41, 5.74) is 2.45. The van der Waals surface area contributed by atoms with Crippen molar-refractivity contribution in [1.29, 1.82) is 0 Å². The van der Waals surface area contributed by atoms with Gasteiger partial charge in [0.1, 0.15) is 17.2 Å². The van der Waals surface area contributed by atoms with Crippen LogP contribution in [0, 0.1) is 0 Å².